The van der Waals surface area contributed by atoms with E-state index in [0.29, 0.717) is 5.76 Å². The first-order chi connectivity index (χ1) is 7.91. The molecule has 0 aromatic carbocycles. The Morgan fingerprint density at radius 1 is 1.47 bits per heavy atom. The summed E-state index contributed by atoms with van der Waals surface area (Å²) in [5.41, 5.74) is -0.546. The number of carbonyl (C=O) groups excluding carboxylic acids is 2. The minimum absolute atomic E-state index is 0.0749. The fourth-order valence-corrected chi connectivity index (χ4v) is 1.38. The number of carbonyl (C=O) groups is 2. The predicted octanol–water partition coefficient (Wildman–Crippen LogP) is -0.297. The van der Waals surface area contributed by atoms with E-state index in [-0.39, 0.29) is 24.2 Å². The molecule has 0 spiro atoms. The first kappa shape index (κ1) is 13.0. The zero-order valence-electron chi connectivity index (χ0n) is 9.53. The van der Waals surface area contributed by atoms with Crippen molar-refractivity contribution in [3.05, 3.63) is 27.8 Å². The van der Waals surface area contributed by atoms with Crippen LogP contribution in [0.25, 0.3) is 0 Å². The molecule has 0 unspecified atom stereocenters. The second kappa shape index (κ2) is 5.29. The van der Waals surface area contributed by atoms with Crippen molar-refractivity contribution >= 4 is 17.4 Å². The molecule has 0 bridgehead atoms. The van der Waals surface area contributed by atoms with Crippen LogP contribution in [0.3, 0.4) is 0 Å². The van der Waals surface area contributed by atoms with E-state index in [2.05, 4.69) is 5.32 Å². The van der Waals surface area contributed by atoms with E-state index >= 15 is 0 Å². The Kier molecular flexibility index (Phi) is 4.03. The molecule has 1 N–H and O–H groups in total. The van der Waals surface area contributed by atoms with E-state index in [0.717, 1.165) is 0 Å². The van der Waals surface area contributed by atoms with Crippen molar-refractivity contribution < 1.29 is 19.1 Å². The number of carboxylic acid groups (broad SMARTS) is 1. The van der Waals surface area contributed by atoms with Crippen molar-refractivity contribution in [1.82, 2.24) is 0 Å². The molecule has 0 aliphatic rings. The highest BCUT2D eigenvalue weighted by Crippen LogP contribution is 2.14. The van der Waals surface area contributed by atoms with Crippen LogP contribution >= 0.6 is 0 Å². The minimum atomic E-state index is -1.21. The summed E-state index contributed by atoms with van der Waals surface area (Å²) in [5.74, 6) is -1.30. The van der Waals surface area contributed by atoms with Gasteiger partial charge in [0.15, 0.2) is 5.78 Å². The molecule has 0 aliphatic heterocycles. The molecule has 0 fully saturated rings. The molecule has 0 aliphatic carbocycles. The maximum atomic E-state index is 11.4. The van der Waals surface area contributed by atoms with Gasteiger partial charge in [-0.25, -0.2) is 4.79 Å². The van der Waals surface area contributed by atoms with Crippen LogP contribution < -0.4 is 16.0 Å². The van der Waals surface area contributed by atoms with Gasteiger partial charge in [-0.2, -0.15) is 0 Å². The van der Waals surface area contributed by atoms with E-state index in [1.54, 1.807) is 6.92 Å². The van der Waals surface area contributed by atoms with Gasteiger partial charge in [0.05, 0.1) is 5.69 Å². The zero-order chi connectivity index (χ0) is 13.0. The molecule has 6 heteroatoms. The lowest BCUT2D eigenvalue weighted by molar-refractivity contribution is -0.305. The highest BCUT2D eigenvalue weighted by molar-refractivity contribution is 5.99. The Morgan fingerprint density at radius 3 is 2.65 bits per heavy atom. The lowest BCUT2D eigenvalue weighted by Crippen LogP contribution is -2.25. The largest absolute Gasteiger partial charge is 0.550 e. The van der Waals surface area contributed by atoms with Crippen LogP contribution in [0.5, 0.6) is 0 Å². The second-order valence-corrected chi connectivity index (χ2v) is 3.54. The highest BCUT2D eigenvalue weighted by atomic mass is 16.4. The summed E-state index contributed by atoms with van der Waals surface area (Å²) in [4.78, 5) is 33.0. The quantitative estimate of drug-likeness (QED) is 0.707. The topological polar surface area (TPSA) is 99.4 Å². The number of anilines is 1. The summed E-state index contributed by atoms with van der Waals surface area (Å²) in [5, 5.41) is 12.9. The van der Waals surface area contributed by atoms with Gasteiger partial charge < -0.3 is 19.6 Å². The van der Waals surface area contributed by atoms with Gasteiger partial charge >= 0.3 is 5.63 Å². The molecular weight excluding hydrogens is 226 g/mol. The molecule has 92 valence electrons. The van der Waals surface area contributed by atoms with Crippen molar-refractivity contribution in [1.29, 1.82) is 0 Å². The fraction of sp³-hybridized carbons (Fsp3) is 0.364. The van der Waals surface area contributed by atoms with E-state index in [1.807, 2.05) is 0 Å². The maximum absolute atomic E-state index is 11.4. The number of aliphatic carboxylic acids is 1. The average molecular weight is 238 g/mol. The molecule has 1 aromatic rings. The van der Waals surface area contributed by atoms with Crippen molar-refractivity contribution in [2.75, 3.05) is 11.9 Å². The standard InChI is InChI=1S/C11H13NO5/c1-6-5-8(12-4-3-9(14)15)10(7(2)13)11(16)17-6/h5,12H,3-4H2,1-2H3,(H,14,15)/p-1. The summed E-state index contributed by atoms with van der Waals surface area (Å²) in [6.45, 7) is 2.88. The van der Waals surface area contributed by atoms with Gasteiger partial charge in [-0.05, 0) is 13.8 Å². The molecule has 0 radical (unpaired) electrons. The lowest BCUT2D eigenvalue weighted by Gasteiger charge is -2.10. The average Bonchev–Trinajstić information content (AvgIpc) is 2.14. The highest BCUT2D eigenvalue weighted by Gasteiger charge is 2.14. The van der Waals surface area contributed by atoms with E-state index in [9.17, 15) is 19.5 Å². The van der Waals surface area contributed by atoms with Crippen molar-refractivity contribution in [3.63, 3.8) is 0 Å². The van der Waals surface area contributed by atoms with Gasteiger partial charge in [-0.3, -0.25) is 4.79 Å². The third-order valence-corrected chi connectivity index (χ3v) is 2.07. The molecule has 6 nitrogen and oxygen atoms in total. The van der Waals surface area contributed by atoms with Crippen LogP contribution in [0.15, 0.2) is 15.3 Å². The van der Waals surface area contributed by atoms with Gasteiger partial charge in [0, 0.05) is 25.0 Å². The predicted molar refractivity (Wildman–Crippen MR) is 57.8 cm³/mol. The molecular formula is C11H12NO5-. The third-order valence-electron chi connectivity index (χ3n) is 2.07. The number of carboxylic acids is 1. The fourth-order valence-electron chi connectivity index (χ4n) is 1.38. The Balaban J connectivity index is 3.00. The first-order valence-corrected chi connectivity index (χ1v) is 5.01. The maximum Gasteiger partial charge on any atom is 0.348 e. The number of Topliss-reactive ketones (excluding diaryl/α,β-unsaturated/α-hetero) is 1. The minimum Gasteiger partial charge on any atom is -0.550 e. The van der Waals surface area contributed by atoms with Gasteiger partial charge in [0.2, 0.25) is 0 Å². The van der Waals surface area contributed by atoms with E-state index in [4.69, 9.17) is 4.42 Å². The molecule has 17 heavy (non-hydrogen) atoms. The first-order valence-electron chi connectivity index (χ1n) is 5.01. The summed E-state index contributed by atoms with van der Waals surface area (Å²) >= 11 is 0. The van der Waals surface area contributed by atoms with Crippen LogP contribution in [0.2, 0.25) is 0 Å². The smallest absolute Gasteiger partial charge is 0.348 e. The van der Waals surface area contributed by atoms with Crippen LogP contribution in [0.4, 0.5) is 5.69 Å². The molecule has 0 saturated heterocycles. The van der Waals surface area contributed by atoms with Crippen molar-refractivity contribution in [2.24, 2.45) is 0 Å². The summed E-state index contributed by atoms with van der Waals surface area (Å²) in [6.07, 6.45) is -0.212. The van der Waals surface area contributed by atoms with E-state index < -0.39 is 17.4 Å². The van der Waals surface area contributed by atoms with Gasteiger partial charge in [0.1, 0.15) is 11.3 Å². The molecule has 1 aromatic heterocycles. The molecule has 0 amide bonds. The van der Waals surface area contributed by atoms with Gasteiger partial charge in [-0.1, -0.05) is 0 Å². The summed E-state index contributed by atoms with van der Waals surface area (Å²) in [7, 11) is 0. The molecule has 1 rings (SSSR count). The third kappa shape index (κ3) is 3.44. The summed E-state index contributed by atoms with van der Waals surface area (Å²) < 4.78 is 4.79. The Bertz CT molecular complexity index is 503. The lowest BCUT2D eigenvalue weighted by atomic mass is 10.1. The van der Waals surface area contributed by atoms with Crippen molar-refractivity contribution in [2.45, 2.75) is 20.3 Å². The Labute approximate surface area is 97.3 Å². The monoisotopic (exact) mass is 238 g/mol. The molecule has 1 heterocycles. The SMILES string of the molecule is CC(=O)c1c(NCCC(=O)[O-])cc(C)oc1=O. The number of ketones is 1. The molecule has 0 atom stereocenters. The summed E-state index contributed by atoms with van der Waals surface area (Å²) in [6, 6.07) is 1.48. The van der Waals surface area contributed by atoms with Crippen LogP contribution in [0.1, 0.15) is 29.5 Å². The molecule has 0 saturated carbocycles. The second-order valence-electron chi connectivity index (χ2n) is 3.54. The Morgan fingerprint density at radius 2 is 2.12 bits per heavy atom. The van der Waals surface area contributed by atoms with Crippen molar-refractivity contribution in [3.8, 4) is 0 Å². The zero-order valence-corrected chi connectivity index (χ0v) is 9.53. The number of hydrogen-bond donors (Lipinski definition) is 1. The van der Waals surface area contributed by atoms with Gasteiger partial charge in [0.25, 0.3) is 0 Å². The number of nitrogens with one attached hydrogen (secondary N) is 1. The Hall–Kier alpha value is -2.11. The number of aryl methyl sites for hydroxylation is 1. The normalized spacial score (nSPS) is 10.0. The number of hydrogen-bond acceptors (Lipinski definition) is 6. The van der Waals surface area contributed by atoms with Crippen LogP contribution in [0, 0.1) is 6.92 Å². The van der Waals surface area contributed by atoms with Crippen LogP contribution in [-0.4, -0.2) is 18.3 Å². The van der Waals surface area contributed by atoms with Crippen LogP contribution in [-0.2, 0) is 4.79 Å². The van der Waals surface area contributed by atoms with E-state index in [1.165, 1.54) is 13.0 Å². The van der Waals surface area contributed by atoms with Gasteiger partial charge in [-0.15, -0.1) is 0 Å². The number of rotatable bonds is 5.